The van der Waals surface area contributed by atoms with E-state index >= 15 is 0 Å². The molecule has 126 valence electrons. The minimum Gasteiger partial charge on any atom is -0.481 e. The van der Waals surface area contributed by atoms with Gasteiger partial charge in [-0.25, -0.2) is 0 Å². The van der Waals surface area contributed by atoms with Gasteiger partial charge >= 0.3 is 5.97 Å². The number of hydrogen-bond donors (Lipinski definition) is 1. The van der Waals surface area contributed by atoms with Gasteiger partial charge < -0.3 is 5.11 Å². The van der Waals surface area contributed by atoms with Crippen molar-refractivity contribution in [3.05, 3.63) is 65.1 Å². The van der Waals surface area contributed by atoms with E-state index in [1.807, 2.05) is 18.2 Å². The predicted octanol–water partition coefficient (Wildman–Crippen LogP) is 4.92. The van der Waals surface area contributed by atoms with Crippen molar-refractivity contribution in [1.29, 1.82) is 0 Å². The third-order valence-corrected chi connectivity index (χ3v) is 4.39. The molecule has 2 rings (SSSR count). The molecular weight excluding hydrogens is 302 g/mol. The van der Waals surface area contributed by atoms with Crippen molar-refractivity contribution in [3.8, 4) is 11.1 Å². The summed E-state index contributed by atoms with van der Waals surface area (Å²) in [5.41, 5.74) is 3.59. The number of hydrogen-bond acceptors (Lipinski definition) is 3. The lowest BCUT2D eigenvalue weighted by atomic mass is 9.91. The zero-order valence-electron chi connectivity index (χ0n) is 13.9. The first-order valence-corrected chi connectivity index (χ1v) is 8.28. The number of benzene rings is 2. The molecule has 4 heteroatoms. The Kier molecular flexibility index (Phi) is 6.67. The van der Waals surface area contributed by atoms with Gasteiger partial charge in [0.1, 0.15) is 0 Å². The van der Waals surface area contributed by atoms with Crippen LogP contribution in [0.2, 0.25) is 0 Å². The normalized spacial score (nSPS) is 13.2. The zero-order chi connectivity index (χ0) is 17.4. The standard InChI is InChI=1S/C20H23NO3/c1-15(21-24)19(14-20(22)23)9-5-6-16-10-12-18(13-11-16)17-7-3-2-4-8-17/h2-4,7-8,10-13,15,19H,5-6,9,14H2,1H3,(H,22,23). The summed E-state index contributed by atoms with van der Waals surface area (Å²) in [6.07, 6.45) is 2.42. The second kappa shape index (κ2) is 8.96. The summed E-state index contributed by atoms with van der Waals surface area (Å²) < 4.78 is 0. The van der Waals surface area contributed by atoms with Crippen molar-refractivity contribution in [2.45, 2.75) is 38.6 Å². The van der Waals surface area contributed by atoms with E-state index in [1.54, 1.807) is 6.92 Å². The minimum absolute atomic E-state index is 0.000147. The van der Waals surface area contributed by atoms with E-state index in [0.717, 1.165) is 12.8 Å². The number of carboxylic acid groups (broad SMARTS) is 1. The molecule has 1 N–H and O–H groups in total. The molecule has 0 bridgehead atoms. The molecule has 0 radical (unpaired) electrons. The fourth-order valence-corrected chi connectivity index (χ4v) is 2.89. The SMILES string of the molecule is CC(N=O)C(CCCc1ccc(-c2ccccc2)cc1)CC(=O)O. The second-order valence-corrected chi connectivity index (χ2v) is 6.16. The fraction of sp³-hybridized carbons (Fsp3) is 0.350. The van der Waals surface area contributed by atoms with Gasteiger partial charge in [-0.3, -0.25) is 4.79 Å². The molecule has 4 nitrogen and oxygen atoms in total. The van der Waals surface area contributed by atoms with E-state index in [9.17, 15) is 9.70 Å². The smallest absolute Gasteiger partial charge is 0.303 e. The lowest BCUT2D eigenvalue weighted by Gasteiger charge is -2.16. The monoisotopic (exact) mass is 325 g/mol. The van der Waals surface area contributed by atoms with Crippen molar-refractivity contribution in [2.75, 3.05) is 0 Å². The van der Waals surface area contributed by atoms with Gasteiger partial charge in [-0.15, -0.1) is 0 Å². The average molecular weight is 325 g/mol. The van der Waals surface area contributed by atoms with Gasteiger partial charge in [-0.1, -0.05) is 59.8 Å². The fourth-order valence-electron chi connectivity index (χ4n) is 2.89. The molecule has 0 fully saturated rings. The Hall–Kier alpha value is -2.49. The summed E-state index contributed by atoms with van der Waals surface area (Å²) in [5, 5.41) is 11.9. The Morgan fingerprint density at radius 3 is 2.25 bits per heavy atom. The lowest BCUT2D eigenvalue weighted by molar-refractivity contribution is -0.138. The van der Waals surface area contributed by atoms with Crippen molar-refractivity contribution in [3.63, 3.8) is 0 Å². The molecule has 0 saturated carbocycles. The molecule has 24 heavy (non-hydrogen) atoms. The van der Waals surface area contributed by atoms with Gasteiger partial charge in [-0.2, -0.15) is 4.91 Å². The highest BCUT2D eigenvalue weighted by Crippen LogP contribution is 2.22. The van der Waals surface area contributed by atoms with Crippen LogP contribution in [0.25, 0.3) is 11.1 Å². The van der Waals surface area contributed by atoms with Crippen LogP contribution in [-0.4, -0.2) is 17.1 Å². The summed E-state index contributed by atoms with van der Waals surface area (Å²) in [4.78, 5) is 21.6. The van der Waals surface area contributed by atoms with Crippen LogP contribution in [0.1, 0.15) is 31.7 Å². The lowest BCUT2D eigenvalue weighted by Crippen LogP contribution is -2.19. The molecule has 0 spiro atoms. The first-order valence-electron chi connectivity index (χ1n) is 8.28. The van der Waals surface area contributed by atoms with Crippen LogP contribution in [0.15, 0.2) is 59.8 Å². The van der Waals surface area contributed by atoms with Gasteiger partial charge in [0.05, 0.1) is 12.5 Å². The molecule has 0 saturated heterocycles. The number of nitrogens with zero attached hydrogens (tertiary/aromatic N) is 1. The highest BCUT2D eigenvalue weighted by atomic mass is 16.4. The predicted molar refractivity (Wildman–Crippen MR) is 95.8 cm³/mol. The van der Waals surface area contributed by atoms with Crippen molar-refractivity contribution in [1.82, 2.24) is 0 Å². The Balaban J connectivity index is 1.89. The molecule has 2 atom stereocenters. The van der Waals surface area contributed by atoms with Crippen molar-refractivity contribution >= 4 is 5.97 Å². The number of aryl methyl sites for hydroxylation is 1. The van der Waals surface area contributed by atoms with E-state index in [-0.39, 0.29) is 12.3 Å². The first-order chi connectivity index (χ1) is 11.6. The maximum atomic E-state index is 10.9. The molecule has 2 aromatic carbocycles. The summed E-state index contributed by atoms with van der Waals surface area (Å²) in [5.74, 6) is -1.06. The van der Waals surface area contributed by atoms with Crippen LogP contribution in [-0.2, 0) is 11.2 Å². The van der Waals surface area contributed by atoms with Gasteiger partial charge in [-0.05, 0) is 48.8 Å². The number of carboxylic acids is 1. The van der Waals surface area contributed by atoms with Crippen LogP contribution in [0.3, 0.4) is 0 Å². The third kappa shape index (κ3) is 5.30. The second-order valence-electron chi connectivity index (χ2n) is 6.16. The summed E-state index contributed by atoms with van der Waals surface area (Å²) in [6, 6.07) is 18.2. The molecule has 0 aliphatic heterocycles. The van der Waals surface area contributed by atoms with E-state index < -0.39 is 12.0 Å². The molecule has 2 aromatic rings. The summed E-state index contributed by atoms with van der Waals surface area (Å²) in [6.45, 7) is 1.69. The maximum absolute atomic E-state index is 10.9. The largest absolute Gasteiger partial charge is 0.481 e. The van der Waals surface area contributed by atoms with Crippen LogP contribution in [0.4, 0.5) is 0 Å². The number of rotatable bonds is 9. The molecule has 0 amide bonds. The number of nitroso groups, excluding NO2 is 1. The van der Waals surface area contributed by atoms with Crippen LogP contribution in [0, 0.1) is 10.8 Å². The first kappa shape index (κ1) is 17.9. The average Bonchev–Trinajstić information content (AvgIpc) is 2.61. The van der Waals surface area contributed by atoms with E-state index in [4.69, 9.17) is 5.11 Å². The van der Waals surface area contributed by atoms with Crippen LogP contribution >= 0.6 is 0 Å². The zero-order valence-corrected chi connectivity index (χ0v) is 13.9. The Bertz CT molecular complexity index is 652. The molecule has 0 aliphatic carbocycles. The van der Waals surface area contributed by atoms with Crippen LogP contribution < -0.4 is 0 Å². The van der Waals surface area contributed by atoms with Crippen molar-refractivity contribution < 1.29 is 9.90 Å². The van der Waals surface area contributed by atoms with Gasteiger partial charge in [0.25, 0.3) is 0 Å². The highest BCUT2D eigenvalue weighted by molar-refractivity contribution is 5.67. The minimum atomic E-state index is -0.872. The van der Waals surface area contributed by atoms with E-state index in [1.165, 1.54) is 16.7 Å². The number of carbonyl (C=O) groups is 1. The summed E-state index contributed by atoms with van der Waals surface area (Å²) in [7, 11) is 0. The Morgan fingerprint density at radius 2 is 1.67 bits per heavy atom. The van der Waals surface area contributed by atoms with E-state index in [2.05, 4.69) is 41.6 Å². The Labute approximate surface area is 142 Å². The molecule has 0 aromatic heterocycles. The van der Waals surface area contributed by atoms with Crippen molar-refractivity contribution in [2.24, 2.45) is 11.1 Å². The van der Waals surface area contributed by atoms with Gasteiger partial charge in [0.2, 0.25) is 0 Å². The van der Waals surface area contributed by atoms with Gasteiger partial charge in [0.15, 0.2) is 0 Å². The maximum Gasteiger partial charge on any atom is 0.303 e. The topological polar surface area (TPSA) is 66.7 Å². The molecule has 0 aliphatic rings. The third-order valence-electron chi connectivity index (χ3n) is 4.39. The quantitative estimate of drug-likeness (QED) is 0.665. The summed E-state index contributed by atoms with van der Waals surface area (Å²) >= 11 is 0. The molecule has 2 unspecified atom stereocenters. The van der Waals surface area contributed by atoms with Gasteiger partial charge in [0, 0.05) is 0 Å². The Morgan fingerprint density at radius 1 is 1.04 bits per heavy atom. The number of aliphatic carboxylic acids is 1. The highest BCUT2D eigenvalue weighted by Gasteiger charge is 2.20. The van der Waals surface area contributed by atoms with Crippen LogP contribution in [0.5, 0.6) is 0 Å². The molecular formula is C20H23NO3. The van der Waals surface area contributed by atoms with E-state index in [0.29, 0.717) is 6.42 Å². The molecule has 0 heterocycles.